The van der Waals surface area contributed by atoms with Crippen LogP contribution in [0.4, 0.5) is 5.69 Å². The Morgan fingerprint density at radius 1 is 1.25 bits per heavy atom. The Balaban J connectivity index is 2.11. The number of carbonyl (C=O) groups is 1. The van der Waals surface area contributed by atoms with E-state index in [9.17, 15) is 13.2 Å². The Labute approximate surface area is 119 Å². The van der Waals surface area contributed by atoms with Crippen molar-refractivity contribution < 1.29 is 13.2 Å². The van der Waals surface area contributed by atoms with Crippen LogP contribution in [0.2, 0.25) is 0 Å². The zero-order valence-electron chi connectivity index (χ0n) is 11.6. The summed E-state index contributed by atoms with van der Waals surface area (Å²) in [6, 6.07) is 6.19. The molecule has 2 rings (SSSR count). The number of nitrogens with zero attached hydrogens (tertiary/aromatic N) is 1. The molecule has 0 saturated carbocycles. The molecule has 0 aliphatic carbocycles. The van der Waals surface area contributed by atoms with Crippen LogP contribution in [0.15, 0.2) is 29.2 Å². The average Bonchev–Trinajstić information content (AvgIpc) is 2.42. The van der Waals surface area contributed by atoms with E-state index in [2.05, 4.69) is 10.6 Å². The first-order valence-corrected chi connectivity index (χ1v) is 7.92. The number of hydrogen-bond donors (Lipinski definition) is 2. The number of amides is 1. The van der Waals surface area contributed by atoms with Crippen molar-refractivity contribution in [2.75, 3.05) is 26.0 Å². The lowest BCUT2D eigenvalue weighted by Crippen LogP contribution is -2.44. The molecule has 1 amide bonds. The molecule has 1 aliphatic rings. The highest BCUT2D eigenvalue weighted by molar-refractivity contribution is 7.89. The van der Waals surface area contributed by atoms with Gasteiger partial charge in [-0.2, -0.15) is 0 Å². The molecule has 1 aromatic carbocycles. The maximum atomic E-state index is 11.9. The minimum absolute atomic E-state index is 0.0127. The molecular weight excluding hydrogens is 278 g/mol. The molecule has 1 atom stereocenters. The minimum Gasteiger partial charge on any atom is -0.374 e. The fraction of sp³-hybridized carbons (Fsp3) is 0.462. The fourth-order valence-corrected chi connectivity index (χ4v) is 2.95. The van der Waals surface area contributed by atoms with Gasteiger partial charge in [0.15, 0.2) is 0 Å². The Bertz CT molecular complexity index is 581. The molecule has 1 aliphatic heterocycles. The predicted octanol–water partition coefficient (Wildman–Crippen LogP) is 0.627. The predicted molar refractivity (Wildman–Crippen MR) is 77.0 cm³/mol. The van der Waals surface area contributed by atoms with Gasteiger partial charge in [-0.3, -0.25) is 4.79 Å². The van der Waals surface area contributed by atoms with E-state index in [0.717, 1.165) is 25.1 Å². The van der Waals surface area contributed by atoms with E-state index in [1.165, 1.54) is 18.4 Å². The molecule has 2 N–H and O–H groups in total. The summed E-state index contributed by atoms with van der Waals surface area (Å²) in [7, 11) is -0.423. The molecule has 1 unspecified atom stereocenters. The van der Waals surface area contributed by atoms with Crippen LogP contribution in [-0.4, -0.2) is 45.3 Å². The smallest absolute Gasteiger partial charge is 0.242 e. The third-order valence-electron chi connectivity index (χ3n) is 3.26. The van der Waals surface area contributed by atoms with Crippen molar-refractivity contribution in [3.05, 3.63) is 24.3 Å². The molecule has 0 radical (unpaired) electrons. The molecule has 6 nitrogen and oxygen atoms in total. The van der Waals surface area contributed by atoms with E-state index in [1.54, 1.807) is 24.3 Å². The lowest BCUT2D eigenvalue weighted by molar-refractivity contribution is -0.123. The summed E-state index contributed by atoms with van der Waals surface area (Å²) in [6.07, 6.45) is 1.72. The van der Waals surface area contributed by atoms with Crippen LogP contribution in [0.1, 0.15) is 12.8 Å². The van der Waals surface area contributed by atoms with Crippen LogP contribution >= 0.6 is 0 Å². The topological polar surface area (TPSA) is 78.5 Å². The van der Waals surface area contributed by atoms with Gasteiger partial charge >= 0.3 is 0 Å². The Morgan fingerprint density at radius 2 is 1.90 bits per heavy atom. The number of sulfonamides is 1. The largest absolute Gasteiger partial charge is 0.374 e. The maximum absolute atomic E-state index is 11.9. The second-order valence-corrected chi connectivity index (χ2v) is 7.09. The molecule has 1 aromatic rings. The van der Waals surface area contributed by atoms with Crippen LogP contribution in [0.3, 0.4) is 0 Å². The van der Waals surface area contributed by atoms with Gasteiger partial charge in [-0.1, -0.05) is 0 Å². The van der Waals surface area contributed by atoms with Gasteiger partial charge in [0.2, 0.25) is 15.9 Å². The Kier molecular flexibility index (Phi) is 4.29. The van der Waals surface area contributed by atoms with E-state index in [4.69, 9.17) is 0 Å². The van der Waals surface area contributed by atoms with Crippen molar-refractivity contribution in [1.82, 2.24) is 9.62 Å². The summed E-state index contributed by atoms with van der Waals surface area (Å²) < 4.78 is 25.0. The number of piperidine rings is 1. The van der Waals surface area contributed by atoms with Crippen LogP contribution < -0.4 is 10.6 Å². The summed E-state index contributed by atoms with van der Waals surface area (Å²) in [5, 5.41) is 5.92. The first kappa shape index (κ1) is 14.8. The molecule has 0 spiro atoms. The number of carbonyl (C=O) groups excluding carboxylic acids is 1. The highest BCUT2D eigenvalue weighted by atomic mass is 32.2. The zero-order valence-corrected chi connectivity index (χ0v) is 12.4. The van der Waals surface area contributed by atoms with Crippen molar-refractivity contribution in [2.45, 2.75) is 23.8 Å². The number of nitrogens with one attached hydrogen (secondary N) is 2. The van der Waals surface area contributed by atoms with E-state index < -0.39 is 10.0 Å². The lowest BCUT2D eigenvalue weighted by atomic mass is 10.1. The summed E-state index contributed by atoms with van der Waals surface area (Å²) in [6.45, 7) is 0.719. The van der Waals surface area contributed by atoms with Gasteiger partial charge in [-0.25, -0.2) is 12.7 Å². The summed E-state index contributed by atoms with van der Waals surface area (Å²) in [4.78, 5) is 11.9. The number of benzene rings is 1. The summed E-state index contributed by atoms with van der Waals surface area (Å²) in [5.41, 5.74) is 0.741. The highest BCUT2D eigenvalue weighted by Gasteiger charge is 2.22. The van der Waals surface area contributed by atoms with Gasteiger partial charge in [0, 0.05) is 26.3 Å². The van der Waals surface area contributed by atoms with Gasteiger partial charge in [-0.15, -0.1) is 0 Å². The number of rotatable bonds is 4. The van der Waals surface area contributed by atoms with Crippen LogP contribution in [0, 0.1) is 0 Å². The van der Waals surface area contributed by atoms with Gasteiger partial charge < -0.3 is 10.6 Å². The van der Waals surface area contributed by atoms with Crippen molar-refractivity contribution >= 4 is 21.6 Å². The number of anilines is 1. The third kappa shape index (κ3) is 3.10. The monoisotopic (exact) mass is 297 g/mol. The average molecular weight is 297 g/mol. The molecule has 7 heteroatoms. The van der Waals surface area contributed by atoms with E-state index in [1.807, 2.05) is 0 Å². The van der Waals surface area contributed by atoms with Crippen molar-refractivity contribution in [3.8, 4) is 0 Å². The van der Waals surface area contributed by atoms with Gasteiger partial charge in [0.1, 0.15) is 6.04 Å². The molecule has 110 valence electrons. The van der Waals surface area contributed by atoms with Gasteiger partial charge in [-0.05, 0) is 37.1 Å². The number of hydrogen-bond acceptors (Lipinski definition) is 4. The second-order valence-electron chi connectivity index (χ2n) is 4.94. The first-order chi connectivity index (χ1) is 9.41. The Hall–Kier alpha value is -1.60. The maximum Gasteiger partial charge on any atom is 0.242 e. The molecule has 1 heterocycles. The summed E-state index contributed by atoms with van der Waals surface area (Å²) >= 11 is 0. The second kappa shape index (κ2) is 5.80. The highest BCUT2D eigenvalue weighted by Crippen LogP contribution is 2.18. The fourth-order valence-electron chi connectivity index (χ4n) is 2.04. The lowest BCUT2D eigenvalue weighted by Gasteiger charge is -2.23. The zero-order chi connectivity index (χ0) is 14.8. The van der Waals surface area contributed by atoms with Crippen molar-refractivity contribution in [3.63, 3.8) is 0 Å². The van der Waals surface area contributed by atoms with E-state index in [-0.39, 0.29) is 16.8 Å². The molecular formula is C13H19N3O3S. The molecule has 20 heavy (non-hydrogen) atoms. The Morgan fingerprint density at radius 3 is 2.45 bits per heavy atom. The van der Waals surface area contributed by atoms with Crippen molar-refractivity contribution in [2.24, 2.45) is 0 Å². The third-order valence-corrected chi connectivity index (χ3v) is 5.09. The quantitative estimate of drug-likeness (QED) is 0.854. The van der Waals surface area contributed by atoms with Crippen LogP contribution in [0.25, 0.3) is 0 Å². The molecule has 1 saturated heterocycles. The standard InChI is InChI=1S/C13H19N3O3S/c1-16(2)20(18,19)11-7-5-10(6-8-11)15-12-4-3-9-14-13(12)17/h5-8,12,15H,3-4,9H2,1-2H3,(H,14,17). The normalized spacial score (nSPS) is 19.8. The molecule has 1 fully saturated rings. The van der Waals surface area contributed by atoms with Gasteiger partial charge in [0.25, 0.3) is 0 Å². The minimum atomic E-state index is -3.41. The van der Waals surface area contributed by atoms with Crippen LogP contribution in [0.5, 0.6) is 0 Å². The van der Waals surface area contributed by atoms with Gasteiger partial charge in [0.05, 0.1) is 4.90 Å². The first-order valence-electron chi connectivity index (χ1n) is 6.48. The SMILES string of the molecule is CN(C)S(=O)(=O)c1ccc(NC2CCCNC2=O)cc1. The molecule has 0 bridgehead atoms. The van der Waals surface area contributed by atoms with Crippen molar-refractivity contribution in [1.29, 1.82) is 0 Å². The summed E-state index contributed by atoms with van der Waals surface area (Å²) in [5.74, 6) is -0.0127. The van der Waals surface area contributed by atoms with Crippen LogP contribution in [-0.2, 0) is 14.8 Å². The molecule has 0 aromatic heterocycles. The van der Waals surface area contributed by atoms with E-state index >= 15 is 0 Å². The van der Waals surface area contributed by atoms with E-state index in [0.29, 0.717) is 0 Å².